The van der Waals surface area contributed by atoms with Gasteiger partial charge < -0.3 is 25.4 Å². The predicted molar refractivity (Wildman–Crippen MR) is 105 cm³/mol. The van der Waals surface area contributed by atoms with Crippen molar-refractivity contribution in [3.63, 3.8) is 0 Å². The Bertz CT molecular complexity index is 840. The van der Waals surface area contributed by atoms with Crippen molar-refractivity contribution in [1.82, 2.24) is 15.5 Å². The van der Waals surface area contributed by atoms with Gasteiger partial charge in [0.2, 0.25) is 5.91 Å². The third-order valence-corrected chi connectivity index (χ3v) is 4.59. The van der Waals surface area contributed by atoms with E-state index in [1.165, 1.54) is 0 Å². The van der Waals surface area contributed by atoms with Crippen LogP contribution >= 0.6 is 0 Å². The number of aromatic amines is 1. The summed E-state index contributed by atoms with van der Waals surface area (Å²) in [5.41, 5.74) is 3.58. The number of carbonyl (C=O) groups excluding carboxylic acids is 1. The van der Waals surface area contributed by atoms with Gasteiger partial charge in [0.05, 0.1) is 37.8 Å². The summed E-state index contributed by atoms with van der Waals surface area (Å²) in [4.78, 5) is 12.4. The number of rotatable bonds is 7. The fourth-order valence-electron chi connectivity index (χ4n) is 3.08. The van der Waals surface area contributed by atoms with Crippen molar-refractivity contribution in [3.05, 3.63) is 36.2 Å². The number of methoxy groups -OCH3 is 2. The molecular formula is C19H25N5O3. The first-order valence-electron chi connectivity index (χ1n) is 8.80. The van der Waals surface area contributed by atoms with Crippen LogP contribution in [0.3, 0.4) is 0 Å². The van der Waals surface area contributed by atoms with E-state index >= 15 is 0 Å². The van der Waals surface area contributed by atoms with Crippen LogP contribution in [-0.4, -0.2) is 42.9 Å². The maximum Gasteiger partial charge on any atom is 0.241 e. The summed E-state index contributed by atoms with van der Waals surface area (Å²) in [7, 11) is 3.19. The number of carbonyl (C=O) groups is 1. The highest BCUT2D eigenvalue weighted by molar-refractivity contribution is 5.97. The Balaban J connectivity index is 1.76. The molecule has 1 fully saturated rings. The van der Waals surface area contributed by atoms with E-state index in [9.17, 15) is 4.79 Å². The number of aryl methyl sites for hydroxylation is 1. The van der Waals surface area contributed by atoms with E-state index in [4.69, 9.17) is 9.47 Å². The maximum absolute atomic E-state index is 12.4. The van der Waals surface area contributed by atoms with Crippen molar-refractivity contribution in [2.45, 2.75) is 25.8 Å². The molecule has 1 aromatic carbocycles. The van der Waals surface area contributed by atoms with Crippen molar-refractivity contribution < 1.29 is 14.3 Å². The van der Waals surface area contributed by atoms with E-state index in [1.54, 1.807) is 20.4 Å². The van der Waals surface area contributed by atoms with Crippen molar-refractivity contribution >= 4 is 23.0 Å². The van der Waals surface area contributed by atoms with Crippen LogP contribution in [0.25, 0.3) is 5.70 Å². The predicted octanol–water partition coefficient (Wildman–Crippen LogP) is 2.51. The van der Waals surface area contributed by atoms with Crippen LogP contribution in [0.5, 0.6) is 11.5 Å². The molecule has 1 saturated heterocycles. The second-order valence-corrected chi connectivity index (χ2v) is 6.42. The van der Waals surface area contributed by atoms with Crippen LogP contribution in [0.1, 0.15) is 24.1 Å². The summed E-state index contributed by atoms with van der Waals surface area (Å²) in [5, 5.41) is 16.3. The number of H-pyrrole nitrogens is 1. The molecule has 4 N–H and O–H groups in total. The zero-order valence-electron chi connectivity index (χ0n) is 15.8. The molecule has 1 atom stereocenters. The van der Waals surface area contributed by atoms with Crippen LogP contribution in [-0.2, 0) is 4.79 Å². The van der Waals surface area contributed by atoms with E-state index < -0.39 is 0 Å². The minimum atomic E-state index is -0.165. The molecule has 0 aliphatic carbocycles. The Morgan fingerprint density at radius 3 is 2.63 bits per heavy atom. The van der Waals surface area contributed by atoms with Crippen LogP contribution in [0.4, 0.5) is 11.4 Å². The number of hydrogen-bond acceptors (Lipinski definition) is 6. The molecule has 1 aliphatic rings. The molecule has 1 aliphatic heterocycles. The monoisotopic (exact) mass is 371 g/mol. The lowest BCUT2D eigenvalue weighted by Gasteiger charge is -2.16. The van der Waals surface area contributed by atoms with Gasteiger partial charge in [0.1, 0.15) is 5.69 Å². The number of nitrogens with zero attached hydrogens (tertiary/aromatic N) is 1. The molecular weight excluding hydrogens is 346 g/mol. The Kier molecular flexibility index (Phi) is 5.66. The van der Waals surface area contributed by atoms with Crippen molar-refractivity contribution in [2.24, 2.45) is 0 Å². The van der Waals surface area contributed by atoms with Gasteiger partial charge in [-0.25, -0.2) is 0 Å². The Labute approximate surface area is 158 Å². The number of hydrogen-bond donors (Lipinski definition) is 4. The van der Waals surface area contributed by atoms with Gasteiger partial charge in [-0.15, -0.1) is 0 Å². The van der Waals surface area contributed by atoms with E-state index in [0.29, 0.717) is 28.6 Å². The summed E-state index contributed by atoms with van der Waals surface area (Å²) in [6, 6.07) is 3.56. The third-order valence-electron chi connectivity index (χ3n) is 4.59. The van der Waals surface area contributed by atoms with E-state index in [1.807, 2.05) is 19.1 Å². The van der Waals surface area contributed by atoms with Gasteiger partial charge in [-0.1, -0.05) is 6.58 Å². The molecule has 8 heteroatoms. The van der Waals surface area contributed by atoms with Gasteiger partial charge in [-0.3, -0.25) is 9.89 Å². The molecule has 2 heterocycles. The molecule has 8 nitrogen and oxygen atoms in total. The molecule has 0 bridgehead atoms. The van der Waals surface area contributed by atoms with Gasteiger partial charge >= 0.3 is 0 Å². The second-order valence-electron chi connectivity index (χ2n) is 6.42. The maximum atomic E-state index is 12.4. The van der Waals surface area contributed by atoms with Gasteiger partial charge in [0.15, 0.2) is 11.5 Å². The molecule has 1 amide bonds. The van der Waals surface area contributed by atoms with Gasteiger partial charge in [-0.05, 0) is 37.9 Å². The minimum absolute atomic E-state index is 0.0646. The molecule has 1 aromatic heterocycles. The summed E-state index contributed by atoms with van der Waals surface area (Å²) < 4.78 is 10.7. The standard InChI is InChI=1S/C19H25N5O3/c1-11-8-16(26-3)17(27-4)9-14(11)22-12(2)18-15(10-21-24-18)23-19(25)13-6-5-7-20-13/h8-10,13,20,22H,2,5-7H2,1,3-4H3,(H,21,24)(H,23,25). The lowest BCUT2D eigenvalue weighted by atomic mass is 10.1. The first kappa shape index (κ1) is 18.8. The molecule has 27 heavy (non-hydrogen) atoms. The third kappa shape index (κ3) is 4.06. The normalized spacial score (nSPS) is 16.0. The van der Waals surface area contributed by atoms with Gasteiger partial charge in [0.25, 0.3) is 0 Å². The van der Waals surface area contributed by atoms with Crippen LogP contribution in [0.15, 0.2) is 24.9 Å². The quantitative estimate of drug-likeness (QED) is 0.597. The lowest BCUT2D eigenvalue weighted by molar-refractivity contribution is -0.117. The highest BCUT2D eigenvalue weighted by Gasteiger charge is 2.23. The molecule has 144 valence electrons. The first-order valence-corrected chi connectivity index (χ1v) is 8.80. The summed E-state index contributed by atoms with van der Waals surface area (Å²) in [6.07, 6.45) is 3.42. The Morgan fingerprint density at radius 1 is 1.22 bits per heavy atom. The van der Waals surface area contributed by atoms with Crippen molar-refractivity contribution in [3.8, 4) is 11.5 Å². The SMILES string of the molecule is C=C(Nc1cc(OC)c(OC)cc1C)c1[nH]ncc1NC(=O)C1CCCN1. The zero-order valence-corrected chi connectivity index (χ0v) is 15.8. The highest BCUT2D eigenvalue weighted by Crippen LogP contribution is 2.34. The Hall–Kier alpha value is -3.00. The average molecular weight is 371 g/mol. The van der Waals surface area contributed by atoms with Crippen LogP contribution in [0, 0.1) is 6.92 Å². The molecule has 2 aromatic rings. The fourth-order valence-corrected chi connectivity index (χ4v) is 3.08. The number of benzene rings is 1. The first-order chi connectivity index (χ1) is 13.0. The topological polar surface area (TPSA) is 100 Å². The van der Waals surface area contributed by atoms with Gasteiger partial charge in [-0.2, -0.15) is 5.10 Å². The summed E-state index contributed by atoms with van der Waals surface area (Å²) in [5.74, 6) is 1.21. The van der Waals surface area contributed by atoms with E-state index in [-0.39, 0.29) is 11.9 Å². The van der Waals surface area contributed by atoms with Gasteiger partial charge in [0, 0.05) is 11.8 Å². The lowest BCUT2D eigenvalue weighted by Crippen LogP contribution is -2.35. The van der Waals surface area contributed by atoms with Crippen LogP contribution < -0.4 is 25.4 Å². The minimum Gasteiger partial charge on any atom is -0.493 e. The van der Waals surface area contributed by atoms with E-state index in [0.717, 1.165) is 30.6 Å². The number of aromatic nitrogens is 2. The highest BCUT2D eigenvalue weighted by atomic mass is 16.5. The van der Waals surface area contributed by atoms with E-state index in [2.05, 4.69) is 32.7 Å². The number of nitrogens with one attached hydrogen (secondary N) is 4. The Morgan fingerprint density at radius 2 is 1.96 bits per heavy atom. The molecule has 0 saturated carbocycles. The molecule has 3 rings (SSSR count). The number of anilines is 2. The zero-order chi connectivity index (χ0) is 19.4. The fraction of sp³-hybridized carbons (Fsp3) is 0.368. The summed E-state index contributed by atoms with van der Waals surface area (Å²) >= 11 is 0. The number of ether oxygens (including phenoxy) is 2. The van der Waals surface area contributed by atoms with Crippen LogP contribution in [0.2, 0.25) is 0 Å². The van der Waals surface area contributed by atoms with Crippen molar-refractivity contribution in [1.29, 1.82) is 0 Å². The molecule has 0 spiro atoms. The summed E-state index contributed by atoms with van der Waals surface area (Å²) in [6.45, 7) is 6.90. The van der Waals surface area contributed by atoms with Crippen molar-refractivity contribution in [2.75, 3.05) is 31.4 Å². The average Bonchev–Trinajstić information content (AvgIpc) is 3.34. The molecule has 0 radical (unpaired) electrons. The second kappa shape index (κ2) is 8.13. The largest absolute Gasteiger partial charge is 0.493 e. The molecule has 1 unspecified atom stereocenters. The number of amides is 1. The smallest absolute Gasteiger partial charge is 0.241 e.